The number of hydrogen-bond donors (Lipinski definition) is 1. The van der Waals surface area contributed by atoms with E-state index in [0.29, 0.717) is 13.0 Å². The summed E-state index contributed by atoms with van der Waals surface area (Å²) < 4.78 is 56.1. The molecular formula is C15H24N2O5S2. The predicted molar refractivity (Wildman–Crippen MR) is 91.2 cm³/mol. The molecule has 2 N–H and O–H groups in total. The molecule has 1 aliphatic rings. The Balaban J connectivity index is 2.53. The molecular weight excluding hydrogens is 352 g/mol. The van der Waals surface area contributed by atoms with E-state index >= 15 is 0 Å². The number of piperidine rings is 1. The second kappa shape index (κ2) is 6.29. The summed E-state index contributed by atoms with van der Waals surface area (Å²) in [6.07, 6.45) is 1.58. The molecule has 1 atom stereocenters. The fourth-order valence-corrected chi connectivity index (χ4v) is 5.29. The minimum atomic E-state index is -3.89. The number of methoxy groups -OCH3 is 1. The quantitative estimate of drug-likeness (QED) is 0.835. The number of rotatable bonds is 4. The minimum Gasteiger partial charge on any atom is -0.495 e. The van der Waals surface area contributed by atoms with Crippen molar-refractivity contribution in [3.8, 4) is 5.75 Å². The van der Waals surface area contributed by atoms with E-state index in [9.17, 15) is 16.8 Å². The Kier molecular flexibility index (Phi) is 5.02. The van der Waals surface area contributed by atoms with Crippen LogP contribution in [0.15, 0.2) is 28.0 Å². The van der Waals surface area contributed by atoms with Crippen molar-refractivity contribution in [2.24, 2.45) is 11.1 Å². The Morgan fingerprint density at radius 3 is 2.38 bits per heavy atom. The standard InChI is InChI=1S/C15H24N2O5S2/c1-15(2)10-17(8-7-14(15)16)24(20,21)13-9-11(23(4,18)19)5-6-12(13)22-3/h5-6,9,14H,7-8,10,16H2,1-4H3. The first kappa shape index (κ1) is 19.2. The summed E-state index contributed by atoms with van der Waals surface area (Å²) in [5.74, 6) is 0.120. The smallest absolute Gasteiger partial charge is 0.246 e. The summed E-state index contributed by atoms with van der Waals surface area (Å²) in [7, 11) is -6.07. The van der Waals surface area contributed by atoms with Crippen LogP contribution in [-0.2, 0) is 19.9 Å². The summed E-state index contributed by atoms with van der Waals surface area (Å²) in [6, 6.07) is 3.77. The molecule has 1 aromatic rings. The summed E-state index contributed by atoms with van der Waals surface area (Å²) >= 11 is 0. The molecule has 0 saturated carbocycles. The van der Waals surface area contributed by atoms with Gasteiger partial charge in [0.15, 0.2) is 9.84 Å². The molecule has 1 fully saturated rings. The van der Waals surface area contributed by atoms with Crippen molar-refractivity contribution in [1.29, 1.82) is 0 Å². The molecule has 24 heavy (non-hydrogen) atoms. The SMILES string of the molecule is COc1ccc(S(C)(=O)=O)cc1S(=O)(=O)N1CCC(N)C(C)(C)C1. The van der Waals surface area contributed by atoms with Crippen LogP contribution in [0.3, 0.4) is 0 Å². The van der Waals surface area contributed by atoms with E-state index in [1.165, 1.54) is 23.5 Å². The van der Waals surface area contributed by atoms with Gasteiger partial charge >= 0.3 is 0 Å². The Morgan fingerprint density at radius 1 is 1.25 bits per heavy atom. The molecule has 9 heteroatoms. The number of hydrogen-bond acceptors (Lipinski definition) is 6. The third-order valence-corrected chi connectivity index (χ3v) is 7.43. The lowest BCUT2D eigenvalue weighted by atomic mass is 9.81. The minimum absolute atomic E-state index is 0.0603. The maximum Gasteiger partial charge on any atom is 0.246 e. The van der Waals surface area contributed by atoms with Crippen molar-refractivity contribution >= 4 is 19.9 Å². The summed E-state index contributed by atoms with van der Waals surface area (Å²) in [4.78, 5) is -0.200. The van der Waals surface area contributed by atoms with Crippen LogP contribution >= 0.6 is 0 Å². The van der Waals surface area contributed by atoms with Crippen LogP contribution < -0.4 is 10.5 Å². The van der Waals surface area contributed by atoms with Gasteiger partial charge in [0, 0.05) is 25.4 Å². The molecule has 0 aliphatic carbocycles. The van der Waals surface area contributed by atoms with E-state index in [2.05, 4.69) is 0 Å². The molecule has 7 nitrogen and oxygen atoms in total. The van der Waals surface area contributed by atoms with Crippen LogP contribution in [0.25, 0.3) is 0 Å². The Hall–Kier alpha value is -1.16. The lowest BCUT2D eigenvalue weighted by Gasteiger charge is -2.41. The van der Waals surface area contributed by atoms with Gasteiger partial charge in [-0.3, -0.25) is 0 Å². The predicted octanol–water partition coefficient (Wildman–Crippen LogP) is 0.847. The number of benzene rings is 1. The van der Waals surface area contributed by atoms with Gasteiger partial charge in [-0.15, -0.1) is 0 Å². The second-order valence-corrected chi connectivity index (χ2v) is 10.7. The van der Waals surface area contributed by atoms with Gasteiger partial charge in [0.2, 0.25) is 10.0 Å². The van der Waals surface area contributed by atoms with Crippen LogP contribution in [0.5, 0.6) is 5.75 Å². The molecule has 1 aromatic carbocycles. The average Bonchev–Trinajstić information content (AvgIpc) is 2.48. The maximum absolute atomic E-state index is 13.1. The normalized spacial score (nSPS) is 22.3. The van der Waals surface area contributed by atoms with Gasteiger partial charge in [0.1, 0.15) is 10.6 Å². The monoisotopic (exact) mass is 376 g/mol. The Labute approximate surface area is 143 Å². The fraction of sp³-hybridized carbons (Fsp3) is 0.600. The van der Waals surface area contributed by atoms with Crippen molar-refractivity contribution in [1.82, 2.24) is 4.31 Å². The molecule has 1 unspecified atom stereocenters. The van der Waals surface area contributed by atoms with E-state index < -0.39 is 19.9 Å². The zero-order chi connectivity index (χ0) is 18.3. The molecule has 0 aromatic heterocycles. The fourth-order valence-electron chi connectivity index (χ4n) is 2.76. The average molecular weight is 377 g/mol. The van der Waals surface area contributed by atoms with Gasteiger partial charge in [-0.2, -0.15) is 4.31 Å². The van der Waals surface area contributed by atoms with E-state index in [-0.39, 0.29) is 33.5 Å². The van der Waals surface area contributed by atoms with Crippen molar-refractivity contribution in [2.45, 2.75) is 36.1 Å². The van der Waals surface area contributed by atoms with Gasteiger partial charge in [-0.05, 0) is 30.0 Å². The summed E-state index contributed by atoms with van der Waals surface area (Å²) in [5, 5.41) is 0. The first-order chi connectivity index (χ1) is 10.9. The lowest BCUT2D eigenvalue weighted by molar-refractivity contribution is 0.155. The first-order valence-corrected chi connectivity index (χ1v) is 10.9. The molecule has 1 saturated heterocycles. The van der Waals surface area contributed by atoms with Gasteiger partial charge in [0.05, 0.1) is 12.0 Å². The summed E-state index contributed by atoms with van der Waals surface area (Å²) in [6.45, 7) is 4.40. The molecule has 2 rings (SSSR count). The lowest BCUT2D eigenvalue weighted by Crippen LogP contribution is -2.53. The largest absolute Gasteiger partial charge is 0.495 e. The van der Waals surface area contributed by atoms with Crippen LogP contribution in [0.1, 0.15) is 20.3 Å². The van der Waals surface area contributed by atoms with Crippen molar-refractivity contribution in [2.75, 3.05) is 26.5 Å². The number of sulfone groups is 1. The van der Waals surface area contributed by atoms with Crippen LogP contribution in [-0.4, -0.2) is 53.6 Å². The highest BCUT2D eigenvalue weighted by atomic mass is 32.2. The molecule has 0 amide bonds. The topological polar surface area (TPSA) is 107 Å². The van der Waals surface area contributed by atoms with E-state index in [1.54, 1.807) is 0 Å². The van der Waals surface area contributed by atoms with E-state index in [1.807, 2.05) is 13.8 Å². The molecule has 136 valence electrons. The second-order valence-electron chi connectivity index (χ2n) is 6.81. The molecule has 1 heterocycles. The van der Waals surface area contributed by atoms with Crippen molar-refractivity contribution in [3.63, 3.8) is 0 Å². The third kappa shape index (κ3) is 3.58. The van der Waals surface area contributed by atoms with Crippen molar-refractivity contribution in [3.05, 3.63) is 18.2 Å². The highest BCUT2D eigenvalue weighted by Gasteiger charge is 2.40. The Morgan fingerprint density at radius 2 is 1.88 bits per heavy atom. The van der Waals surface area contributed by atoms with E-state index in [0.717, 1.165) is 12.3 Å². The molecule has 1 aliphatic heterocycles. The van der Waals surface area contributed by atoms with Gasteiger partial charge in [-0.25, -0.2) is 16.8 Å². The van der Waals surface area contributed by atoms with Crippen molar-refractivity contribution < 1.29 is 21.6 Å². The molecule has 0 radical (unpaired) electrons. The number of sulfonamides is 1. The number of nitrogens with zero attached hydrogens (tertiary/aromatic N) is 1. The third-order valence-electron chi connectivity index (χ3n) is 4.46. The highest BCUT2D eigenvalue weighted by Crippen LogP contribution is 2.34. The van der Waals surface area contributed by atoms with Crippen LogP contribution in [0.2, 0.25) is 0 Å². The summed E-state index contributed by atoms with van der Waals surface area (Å²) in [5.41, 5.74) is 5.70. The van der Waals surface area contributed by atoms with Crippen LogP contribution in [0, 0.1) is 5.41 Å². The van der Waals surface area contributed by atoms with Gasteiger partial charge in [0.25, 0.3) is 0 Å². The zero-order valence-corrected chi connectivity index (χ0v) is 15.9. The Bertz CT molecular complexity index is 831. The number of nitrogens with two attached hydrogens (primary N) is 1. The van der Waals surface area contributed by atoms with Crippen LogP contribution in [0.4, 0.5) is 0 Å². The molecule has 0 spiro atoms. The zero-order valence-electron chi connectivity index (χ0n) is 14.3. The first-order valence-electron chi connectivity index (χ1n) is 7.53. The van der Waals surface area contributed by atoms with Gasteiger partial charge < -0.3 is 10.5 Å². The molecule has 0 bridgehead atoms. The number of ether oxygens (including phenoxy) is 1. The van der Waals surface area contributed by atoms with Gasteiger partial charge in [-0.1, -0.05) is 13.8 Å². The highest BCUT2D eigenvalue weighted by molar-refractivity contribution is 7.91. The van der Waals surface area contributed by atoms with E-state index in [4.69, 9.17) is 10.5 Å². The maximum atomic E-state index is 13.1.